The first-order chi connectivity index (χ1) is 9.47. The zero-order valence-electron chi connectivity index (χ0n) is 12.9. The zero-order chi connectivity index (χ0) is 15.1. The van der Waals surface area contributed by atoms with Crippen molar-refractivity contribution < 1.29 is 14.7 Å². The number of aliphatic carboxylic acids is 1. The van der Waals surface area contributed by atoms with E-state index < -0.39 is 12.0 Å². The number of rotatable bonds is 6. The van der Waals surface area contributed by atoms with Crippen molar-refractivity contribution in [2.24, 2.45) is 5.92 Å². The first-order valence-corrected chi connectivity index (χ1v) is 7.73. The number of nitrogens with zero attached hydrogens (tertiary/aromatic N) is 1. The van der Waals surface area contributed by atoms with Crippen molar-refractivity contribution in [2.45, 2.75) is 70.9 Å². The number of carboxylic acids is 1. The van der Waals surface area contributed by atoms with Crippen LogP contribution < -0.4 is 5.32 Å². The highest BCUT2D eigenvalue weighted by molar-refractivity contribution is 5.82. The van der Waals surface area contributed by atoms with E-state index in [1.165, 1.54) is 6.42 Å². The molecule has 0 aromatic heterocycles. The van der Waals surface area contributed by atoms with Crippen LogP contribution in [0.5, 0.6) is 0 Å². The van der Waals surface area contributed by atoms with Crippen molar-refractivity contribution in [3.05, 3.63) is 0 Å². The van der Waals surface area contributed by atoms with Gasteiger partial charge in [0, 0.05) is 13.1 Å². The zero-order valence-corrected chi connectivity index (χ0v) is 12.9. The largest absolute Gasteiger partial charge is 0.480 e. The van der Waals surface area contributed by atoms with Gasteiger partial charge in [-0.1, -0.05) is 39.5 Å². The van der Waals surface area contributed by atoms with Gasteiger partial charge in [-0.2, -0.15) is 0 Å². The van der Waals surface area contributed by atoms with Crippen LogP contribution in [0.4, 0.5) is 4.79 Å². The topological polar surface area (TPSA) is 69.6 Å². The van der Waals surface area contributed by atoms with E-state index in [-0.39, 0.29) is 12.1 Å². The van der Waals surface area contributed by atoms with Crippen LogP contribution in [-0.4, -0.2) is 41.1 Å². The van der Waals surface area contributed by atoms with Crippen LogP contribution >= 0.6 is 0 Å². The van der Waals surface area contributed by atoms with Gasteiger partial charge >= 0.3 is 12.0 Å². The van der Waals surface area contributed by atoms with E-state index in [2.05, 4.69) is 12.2 Å². The maximum atomic E-state index is 12.2. The Bertz CT molecular complexity index is 333. The number of carboxylic acid groups (broad SMARTS) is 1. The monoisotopic (exact) mass is 284 g/mol. The van der Waals surface area contributed by atoms with Gasteiger partial charge in [0.15, 0.2) is 0 Å². The van der Waals surface area contributed by atoms with Crippen molar-refractivity contribution >= 4 is 12.0 Å². The van der Waals surface area contributed by atoms with Gasteiger partial charge in [0.2, 0.25) is 0 Å². The molecule has 0 aliphatic heterocycles. The minimum atomic E-state index is -0.947. The molecule has 0 heterocycles. The second kappa shape index (κ2) is 8.12. The Morgan fingerprint density at radius 2 is 2.00 bits per heavy atom. The molecule has 2 amide bonds. The highest BCUT2D eigenvalue weighted by Crippen LogP contribution is 2.27. The molecule has 3 atom stereocenters. The summed E-state index contributed by atoms with van der Waals surface area (Å²) in [6, 6.07) is -0.805. The van der Waals surface area contributed by atoms with Crippen LogP contribution in [0, 0.1) is 5.92 Å². The predicted octanol–water partition coefficient (Wildman–Crippen LogP) is 2.85. The molecule has 116 valence electrons. The first kappa shape index (κ1) is 16.8. The Balaban J connectivity index is 2.56. The van der Waals surface area contributed by atoms with Crippen molar-refractivity contribution in [3.63, 3.8) is 0 Å². The third-order valence-corrected chi connectivity index (χ3v) is 4.33. The summed E-state index contributed by atoms with van der Waals surface area (Å²) in [6.45, 7) is 4.18. The lowest BCUT2D eigenvalue weighted by Crippen LogP contribution is -2.51. The Hall–Kier alpha value is -1.26. The fourth-order valence-corrected chi connectivity index (χ4v) is 2.94. The van der Waals surface area contributed by atoms with E-state index >= 15 is 0 Å². The summed E-state index contributed by atoms with van der Waals surface area (Å²) in [6.07, 6.45) is 6.74. The normalized spacial score (nSPS) is 23.9. The number of hydrogen-bond donors (Lipinski definition) is 2. The Morgan fingerprint density at radius 1 is 1.35 bits per heavy atom. The van der Waals surface area contributed by atoms with Gasteiger partial charge < -0.3 is 15.3 Å². The molecule has 1 saturated carbocycles. The van der Waals surface area contributed by atoms with Gasteiger partial charge in [-0.3, -0.25) is 0 Å². The van der Waals surface area contributed by atoms with Crippen molar-refractivity contribution in [3.8, 4) is 0 Å². The minimum Gasteiger partial charge on any atom is -0.480 e. The van der Waals surface area contributed by atoms with E-state index in [4.69, 9.17) is 5.11 Å². The van der Waals surface area contributed by atoms with E-state index in [1.54, 1.807) is 11.9 Å². The minimum absolute atomic E-state index is 0.226. The summed E-state index contributed by atoms with van der Waals surface area (Å²) in [5.41, 5.74) is 0. The molecule has 0 radical (unpaired) electrons. The summed E-state index contributed by atoms with van der Waals surface area (Å²) in [4.78, 5) is 25.1. The highest BCUT2D eigenvalue weighted by atomic mass is 16.4. The van der Waals surface area contributed by atoms with Crippen molar-refractivity contribution in [2.75, 3.05) is 7.05 Å². The maximum absolute atomic E-state index is 12.2. The molecule has 1 aliphatic carbocycles. The van der Waals surface area contributed by atoms with Crippen molar-refractivity contribution in [1.29, 1.82) is 0 Å². The van der Waals surface area contributed by atoms with Gasteiger partial charge in [0.1, 0.15) is 6.04 Å². The summed E-state index contributed by atoms with van der Waals surface area (Å²) >= 11 is 0. The quantitative estimate of drug-likeness (QED) is 0.788. The van der Waals surface area contributed by atoms with Gasteiger partial charge in [-0.05, 0) is 25.2 Å². The predicted molar refractivity (Wildman–Crippen MR) is 78.7 cm³/mol. The smallest absolute Gasteiger partial charge is 0.326 e. The van der Waals surface area contributed by atoms with E-state index in [9.17, 15) is 9.59 Å². The molecule has 0 spiro atoms. The molecule has 0 aromatic carbocycles. The lowest BCUT2D eigenvalue weighted by molar-refractivity contribution is -0.139. The Morgan fingerprint density at radius 3 is 2.55 bits per heavy atom. The van der Waals surface area contributed by atoms with Crippen LogP contribution in [0.3, 0.4) is 0 Å². The summed E-state index contributed by atoms with van der Waals surface area (Å²) in [7, 11) is 1.78. The Labute approximate surface area is 121 Å². The molecule has 0 aromatic rings. The van der Waals surface area contributed by atoms with Gasteiger partial charge in [-0.15, -0.1) is 0 Å². The summed E-state index contributed by atoms with van der Waals surface area (Å²) < 4.78 is 0. The second-order valence-electron chi connectivity index (χ2n) is 5.92. The number of unbranched alkanes of at least 4 members (excludes halogenated alkanes) is 1. The van der Waals surface area contributed by atoms with Gasteiger partial charge in [0.05, 0.1) is 0 Å². The van der Waals surface area contributed by atoms with Crippen molar-refractivity contribution in [1.82, 2.24) is 10.2 Å². The number of carbonyl (C=O) groups excluding carboxylic acids is 1. The van der Waals surface area contributed by atoms with Crippen LogP contribution in [-0.2, 0) is 4.79 Å². The van der Waals surface area contributed by atoms with E-state index in [0.29, 0.717) is 12.3 Å². The third kappa shape index (κ3) is 4.69. The SMILES string of the molecule is CCCCC(NC(=O)N(C)C1CCCCC1C)C(=O)O. The first-order valence-electron chi connectivity index (χ1n) is 7.73. The lowest BCUT2D eigenvalue weighted by Gasteiger charge is -2.36. The fourth-order valence-electron chi connectivity index (χ4n) is 2.94. The molecule has 1 fully saturated rings. The van der Waals surface area contributed by atoms with Gasteiger partial charge in [-0.25, -0.2) is 9.59 Å². The number of urea groups is 1. The molecule has 20 heavy (non-hydrogen) atoms. The molecule has 5 heteroatoms. The number of carbonyl (C=O) groups is 2. The summed E-state index contributed by atoms with van der Waals surface area (Å²) in [5, 5.41) is 11.8. The average molecular weight is 284 g/mol. The van der Waals surface area contributed by atoms with Crippen LogP contribution in [0.25, 0.3) is 0 Å². The molecular weight excluding hydrogens is 256 g/mol. The van der Waals surface area contributed by atoms with Gasteiger partial charge in [0.25, 0.3) is 0 Å². The molecule has 5 nitrogen and oxygen atoms in total. The molecular formula is C15H28N2O3. The number of nitrogens with one attached hydrogen (secondary N) is 1. The number of amides is 2. The fraction of sp³-hybridized carbons (Fsp3) is 0.867. The standard InChI is InChI=1S/C15H28N2O3/c1-4-5-9-12(14(18)19)16-15(20)17(3)13-10-7-6-8-11(13)2/h11-13H,4-10H2,1-3H3,(H,16,20)(H,18,19). The molecule has 2 N–H and O–H groups in total. The van der Waals surface area contributed by atoms with E-state index in [1.807, 2.05) is 6.92 Å². The second-order valence-corrected chi connectivity index (χ2v) is 5.92. The molecule has 3 unspecified atom stereocenters. The third-order valence-electron chi connectivity index (χ3n) is 4.33. The molecule has 1 aliphatic rings. The maximum Gasteiger partial charge on any atom is 0.326 e. The van der Waals surface area contributed by atoms with E-state index in [0.717, 1.165) is 32.1 Å². The molecule has 0 saturated heterocycles. The number of hydrogen-bond acceptors (Lipinski definition) is 2. The molecule has 1 rings (SSSR count). The lowest BCUT2D eigenvalue weighted by atomic mass is 9.85. The Kier molecular flexibility index (Phi) is 6.82. The highest BCUT2D eigenvalue weighted by Gasteiger charge is 2.29. The molecule has 0 bridgehead atoms. The van der Waals surface area contributed by atoms with Crippen LogP contribution in [0.15, 0.2) is 0 Å². The average Bonchev–Trinajstić information content (AvgIpc) is 2.42. The summed E-state index contributed by atoms with van der Waals surface area (Å²) in [5.74, 6) is -0.463. The van der Waals surface area contributed by atoms with Crippen LogP contribution in [0.1, 0.15) is 58.8 Å². The van der Waals surface area contributed by atoms with Crippen LogP contribution in [0.2, 0.25) is 0 Å².